The fourth-order valence-electron chi connectivity index (χ4n) is 2.87. The van der Waals surface area contributed by atoms with Crippen molar-refractivity contribution in [3.63, 3.8) is 0 Å². The number of nitrogens with one attached hydrogen (secondary N) is 1. The molecular weight excluding hydrogens is 404 g/mol. The topological polar surface area (TPSA) is 120 Å². The van der Waals surface area contributed by atoms with Crippen LogP contribution in [0.5, 0.6) is 5.75 Å². The third-order valence-corrected chi connectivity index (χ3v) is 5.64. The lowest BCUT2D eigenvalue weighted by Crippen LogP contribution is -2.28. The zero-order chi connectivity index (χ0) is 21.4. The summed E-state index contributed by atoms with van der Waals surface area (Å²) >= 11 is 0. The molecular formula is C21H26N4O4S. The van der Waals surface area contributed by atoms with E-state index in [-0.39, 0.29) is 5.75 Å². The quantitative estimate of drug-likeness (QED) is 0.288. The van der Waals surface area contributed by atoms with Crippen LogP contribution in [0.3, 0.4) is 0 Å². The van der Waals surface area contributed by atoms with Gasteiger partial charge in [0.2, 0.25) is 0 Å². The molecule has 3 rings (SSSR count). The Morgan fingerprint density at radius 1 is 1.10 bits per heavy atom. The highest BCUT2D eigenvalue weighted by molar-refractivity contribution is 8.00. The van der Waals surface area contributed by atoms with Crippen molar-refractivity contribution in [1.82, 2.24) is 9.97 Å². The zero-order valence-corrected chi connectivity index (χ0v) is 17.6. The van der Waals surface area contributed by atoms with Crippen LogP contribution in [0.1, 0.15) is 5.56 Å². The normalized spacial score (nSPS) is 11.8. The number of thiol groups is 1. The number of nitrogens with zero attached hydrogens (tertiary/aromatic N) is 2. The van der Waals surface area contributed by atoms with E-state index in [9.17, 15) is 4.21 Å². The van der Waals surface area contributed by atoms with Crippen molar-refractivity contribution in [2.24, 2.45) is 5.14 Å². The monoisotopic (exact) mass is 430 g/mol. The Kier molecular flexibility index (Phi) is 7.47. The van der Waals surface area contributed by atoms with Gasteiger partial charge < -0.3 is 19.9 Å². The number of benzene rings is 2. The van der Waals surface area contributed by atoms with E-state index in [0.717, 1.165) is 16.8 Å². The first-order valence-corrected chi connectivity index (χ1v) is 11.5. The summed E-state index contributed by atoms with van der Waals surface area (Å²) in [4.78, 5) is 8.66. The van der Waals surface area contributed by atoms with Crippen LogP contribution in [-0.4, -0.2) is 45.5 Å². The van der Waals surface area contributed by atoms with Crippen LogP contribution in [0.15, 0.2) is 60.9 Å². The van der Waals surface area contributed by atoms with Gasteiger partial charge in [0.1, 0.15) is 30.4 Å². The van der Waals surface area contributed by atoms with E-state index >= 15 is 0 Å². The van der Waals surface area contributed by atoms with Crippen molar-refractivity contribution in [2.45, 2.75) is 5.75 Å². The fourth-order valence-corrected chi connectivity index (χ4v) is 3.78. The second-order valence-corrected chi connectivity index (χ2v) is 9.21. The maximum absolute atomic E-state index is 12.0. The van der Waals surface area contributed by atoms with Crippen LogP contribution in [0, 0.1) is 0 Å². The van der Waals surface area contributed by atoms with Crippen LogP contribution in [-0.2, 0) is 20.6 Å². The Labute approximate surface area is 176 Å². The standard InChI is InChI=1S/C21H26N4O4S/c1-28-9-10-29-20-8-3-2-7-18(20)19-12-21(24-14-23-19)25-17-6-4-5-16(11-17)13-30(22,27)15-26/h2-8,11-12,14,26,30H,9-10,13,15H2,1H3,(H2,22,27)(H,23,24,25). The van der Waals surface area contributed by atoms with E-state index in [2.05, 4.69) is 15.3 Å². The van der Waals surface area contributed by atoms with Crippen LogP contribution in [0.2, 0.25) is 0 Å². The Hall–Kier alpha value is -2.85. The van der Waals surface area contributed by atoms with E-state index in [4.69, 9.17) is 19.7 Å². The van der Waals surface area contributed by atoms with E-state index in [1.54, 1.807) is 7.11 Å². The molecule has 9 heteroatoms. The molecule has 0 saturated carbocycles. The molecule has 0 aliphatic carbocycles. The lowest BCUT2D eigenvalue weighted by atomic mass is 10.1. The van der Waals surface area contributed by atoms with Gasteiger partial charge in [-0.2, -0.15) is 0 Å². The molecule has 0 fully saturated rings. The molecule has 0 radical (unpaired) electrons. The summed E-state index contributed by atoms with van der Waals surface area (Å²) in [5, 5.41) is 18.0. The minimum atomic E-state index is -3.08. The van der Waals surface area contributed by atoms with Gasteiger partial charge >= 0.3 is 0 Å². The van der Waals surface area contributed by atoms with Crippen molar-refractivity contribution in [1.29, 1.82) is 0 Å². The number of para-hydroxylation sites is 1. The predicted octanol–water partition coefficient (Wildman–Crippen LogP) is 2.25. The van der Waals surface area contributed by atoms with Gasteiger partial charge in [-0.1, -0.05) is 24.3 Å². The number of rotatable bonds is 10. The summed E-state index contributed by atoms with van der Waals surface area (Å²) in [7, 11) is -1.46. The maximum atomic E-state index is 12.0. The highest BCUT2D eigenvalue weighted by Crippen LogP contribution is 2.29. The van der Waals surface area contributed by atoms with Crippen LogP contribution < -0.4 is 15.2 Å². The molecule has 0 unspecified atom stereocenters. The number of hydrogen-bond donors (Lipinski definition) is 4. The second kappa shape index (κ2) is 10.3. The first kappa shape index (κ1) is 21.8. The van der Waals surface area contributed by atoms with Gasteiger partial charge in [-0.3, -0.25) is 9.35 Å². The summed E-state index contributed by atoms with van der Waals surface area (Å²) in [5.74, 6) is 0.914. The van der Waals surface area contributed by atoms with Gasteiger partial charge in [0.25, 0.3) is 0 Å². The minimum absolute atomic E-state index is 0.125. The van der Waals surface area contributed by atoms with E-state index in [1.165, 1.54) is 6.33 Å². The third-order valence-electron chi connectivity index (χ3n) is 4.26. The van der Waals surface area contributed by atoms with Gasteiger partial charge in [0.05, 0.1) is 12.3 Å². The number of aliphatic hydroxyl groups excluding tert-OH is 1. The molecule has 1 heterocycles. The first-order chi connectivity index (χ1) is 14.5. The van der Waals surface area contributed by atoms with E-state index < -0.39 is 16.1 Å². The van der Waals surface area contributed by atoms with Gasteiger partial charge in [0, 0.05) is 30.2 Å². The molecule has 1 aromatic heterocycles. The van der Waals surface area contributed by atoms with Crippen LogP contribution in [0.25, 0.3) is 11.3 Å². The lowest BCUT2D eigenvalue weighted by molar-refractivity contribution is 0.146. The number of aromatic nitrogens is 2. The molecule has 0 bridgehead atoms. The minimum Gasteiger partial charge on any atom is -0.490 e. The number of methoxy groups -OCH3 is 1. The number of ether oxygens (including phenoxy) is 2. The lowest BCUT2D eigenvalue weighted by Gasteiger charge is -2.16. The van der Waals surface area contributed by atoms with E-state index in [1.807, 2.05) is 54.6 Å². The highest BCUT2D eigenvalue weighted by atomic mass is 32.3. The Bertz CT molecular complexity index is 1030. The summed E-state index contributed by atoms with van der Waals surface area (Å²) in [6.07, 6.45) is 1.48. The van der Waals surface area contributed by atoms with Crippen molar-refractivity contribution < 1.29 is 18.8 Å². The average Bonchev–Trinajstić information content (AvgIpc) is 2.74. The predicted molar refractivity (Wildman–Crippen MR) is 119 cm³/mol. The maximum Gasteiger partial charge on any atom is 0.134 e. The number of nitrogens with two attached hydrogens (primary N) is 1. The number of hydrogen-bond acceptors (Lipinski definition) is 7. The summed E-state index contributed by atoms with van der Waals surface area (Å²) in [6.45, 7) is 0.933. The van der Waals surface area contributed by atoms with Crippen LogP contribution >= 0.6 is 0 Å². The highest BCUT2D eigenvalue weighted by Gasteiger charge is 2.11. The summed E-state index contributed by atoms with van der Waals surface area (Å²) in [5.41, 5.74) is 3.09. The zero-order valence-electron chi connectivity index (χ0n) is 16.7. The second-order valence-electron chi connectivity index (χ2n) is 6.70. The van der Waals surface area contributed by atoms with Gasteiger partial charge in [-0.25, -0.2) is 9.97 Å². The van der Waals surface area contributed by atoms with Crippen molar-refractivity contribution in [3.05, 3.63) is 66.5 Å². The SMILES string of the molecule is COCCOc1ccccc1-c1cc(Nc2cccc(C[SH](N)(=O)CO)c2)ncn1. The summed E-state index contributed by atoms with van der Waals surface area (Å²) < 4.78 is 22.9. The Balaban J connectivity index is 1.80. The number of anilines is 2. The molecule has 30 heavy (non-hydrogen) atoms. The van der Waals surface area contributed by atoms with Crippen molar-refractivity contribution >= 4 is 21.6 Å². The Morgan fingerprint density at radius 2 is 1.93 bits per heavy atom. The molecule has 0 aliphatic heterocycles. The molecule has 0 amide bonds. The summed E-state index contributed by atoms with van der Waals surface area (Å²) in [6, 6.07) is 16.8. The molecule has 0 aliphatic rings. The molecule has 0 spiro atoms. The molecule has 8 nitrogen and oxygen atoms in total. The molecule has 3 aromatic rings. The first-order valence-electron chi connectivity index (χ1n) is 9.37. The van der Waals surface area contributed by atoms with Crippen molar-refractivity contribution in [2.75, 3.05) is 31.6 Å². The van der Waals surface area contributed by atoms with Gasteiger partial charge in [0.15, 0.2) is 0 Å². The molecule has 2 aromatic carbocycles. The van der Waals surface area contributed by atoms with Gasteiger partial charge in [-0.05, 0) is 39.9 Å². The van der Waals surface area contributed by atoms with Gasteiger partial charge in [-0.15, -0.1) is 0 Å². The largest absolute Gasteiger partial charge is 0.490 e. The average molecular weight is 431 g/mol. The van der Waals surface area contributed by atoms with Crippen molar-refractivity contribution in [3.8, 4) is 17.0 Å². The smallest absolute Gasteiger partial charge is 0.134 e. The molecule has 4 N–H and O–H groups in total. The number of aliphatic hydroxyl groups is 1. The molecule has 160 valence electrons. The third kappa shape index (κ3) is 6.07. The van der Waals surface area contributed by atoms with Crippen LogP contribution in [0.4, 0.5) is 11.5 Å². The van der Waals surface area contributed by atoms with E-state index in [0.29, 0.717) is 30.5 Å². The Morgan fingerprint density at radius 3 is 2.73 bits per heavy atom. The molecule has 0 saturated heterocycles. The molecule has 0 atom stereocenters. The fraction of sp³-hybridized carbons (Fsp3) is 0.238.